The number of carbonyl (C=O) groups is 1. The number of fused-ring (bicyclic) bond motifs is 3. The first-order valence-electron chi connectivity index (χ1n) is 9.73. The quantitative estimate of drug-likeness (QED) is 0.555. The van der Waals surface area contributed by atoms with Crippen LogP contribution in [0.3, 0.4) is 0 Å². The molecule has 0 spiro atoms. The second-order valence-electron chi connectivity index (χ2n) is 7.54. The third kappa shape index (κ3) is 2.45. The molecule has 4 aromatic rings. The van der Waals surface area contributed by atoms with E-state index in [4.69, 9.17) is 9.40 Å². The number of nitrogens with one attached hydrogen (secondary N) is 1. The highest BCUT2D eigenvalue weighted by molar-refractivity contribution is 6.01. The zero-order chi connectivity index (χ0) is 19.4. The Morgan fingerprint density at radius 3 is 2.72 bits per heavy atom. The van der Waals surface area contributed by atoms with Crippen LogP contribution in [0.4, 0.5) is 5.95 Å². The monoisotopic (exact) mass is 382 g/mol. The minimum atomic E-state index is -0.221. The Hall–Kier alpha value is -3.67. The molecular formula is C23H18N4O2. The van der Waals surface area contributed by atoms with E-state index in [2.05, 4.69) is 14.9 Å². The number of benzene rings is 1. The minimum absolute atomic E-state index is 0.0396. The lowest BCUT2D eigenvalue weighted by Gasteiger charge is -2.35. The van der Waals surface area contributed by atoms with Crippen LogP contribution in [0.15, 0.2) is 82.9 Å². The van der Waals surface area contributed by atoms with E-state index in [9.17, 15) is 4.79 Å². The maximum absolute atomic E-state index is 13.4. The van der Waals surface area contributed by atoms with Crippen molar-refractivity contribution in [1.29, 1.82) is 0 Å². The summed E-state index contributed by atoms with van der Waals surface area (Å²) in [6, 6.07) is 15.6. The van der Waals surface area contributed by atoms with E-state index >= 15 is 0 Å². The Balaban J connectivity index is 1.56. The molecular weight excluding hydrogens is 364 g/mol. The van der Waals surface area contributed by atoms with Crippen molar-refractivity contribution in [3.05, 3.63) is 89.8 Å². The number of Topliss-reactive ketones (excluding diaryl/α,β-unsaturated/α-hetero) is 1. The molecule has 0 bridgehead atoms. The Kier molecular flexibility index (Phi) is 3.47. The van der Waals surface area contributed by atoms with Crippen LogP contribution in [0.2, 0.25) is 0 Å². The van der Waals surface area contributed by atoms with Crippen LogP contribution in [0, 0.1) is 0 Å². The van der Waals surface area contributed by atoms with Crippen molar-refractivity contribution in [1.82, 2.24) is 14.5 Å². The zero-order valence-corrected chi connectivity index (χ0v) is 15.6. The van der Waals surface area contributed by atoms with Gasteiger partial charge in [0.2, 0.25) is 5.95 Å². The molecule has 6 nitrogen and oxygen atoms in total. The molecule has 1 N–H and O–H groups in total. The van der Waals surface area contributed by atoms with Crippen molar-refractivity contribution in [3.63, 3.8) is 0 Å². The van der Waals surface area contributed by atoms with Crippen molar-refractivity contribution >= 4 is 22.8 Å². The zero-order valence-electron chi connectivity index (χ0n) is 15.6. The van der Waals surface area contributed by atoms with Gasteiger partial charge in [0.1, 0.15) is 5.76 Å². The lowest BCUT2D eigenvalue weighted by atomic mass is 9.79. The molecule has 1 aliphatic heterocycles. The van der Waals surface area contributed by atoms with Crippen LogP contribution < -0.4 is 5.32 Å². The molecule has 0 radical (unpaired) electrons. The number of rotatable bonds is 2. The van der Waals surface area contributed by atoms with E-state index in [1.807, 2.05) is 48.5 Å². The van der Waals surface area contributed by atoms with Gasteiger partial charge in [-0.2, -0.15) is 0 Å². The predicted octanol–water partition coefficient (Wildman–Crippen LogP) is 4.44. The Morgan fingerprint density at radius 2 is 1.90 bits per heavy atom. The fraction of sp³-hybridized carbons (Fsp3) is 0.174. The largest absolute Gasteiger partial charge is 0.469 e. The number of ketones is 1. The number of carbonyl (C=O) groups excluding carboxylic acids is 1. The average Bonchev–Trinajstić information content (AvgIpc) is 3.40. The summed E-state index contributed by atoms with van der Waals surface area (Å²) in [7, 11) is 0. The summed E-state index contributed by atoms with van der Waals surface area (Å²) in [5, 5.41) is 3.46. The summed E-state index contributed by atoms with van der Waals surface area (Å²) < 4.78 is 7.73. The number of para-hydroxylation sites is 2. The van der Waals surface area contributed by atoms with Gasteiger partial charge in [-0.3, -0.25) is 14.3 Å². The molecule has 2 aliphatic rings. The number of anilines is 1. The van der Waals surface area contributed by atoms with E-state index in [1.54, 1.807) is 18.7 Å². The topological polar surface area (TPSA) is 73.0 Å². The molecule has 142 valence electrons. The number of hydrogen-bond acceptors (Lipinski definition) is 5. The van der Waals surface area contributed by atoms with Crippen LogP contribution in [0.5, 0.6) is 0 Å². The molecule has 0 saturated heterocycles. The van der Waals surface area contributed by atoms with Crippen molar-refractivity contribution < 1.29 is 9.21 Å². The maximum atomic E-state index is 13.4. The molecule has 3 aromatic heterocycles. The molecule has 4 heterocycles. The van der Waals surface area contributed by atoms with Crippen molar-refractivity contribution in [3.8, 4) is 0 Å². The van der Waals surface area contributed by atoms with Crippen molar-refractivity contribution in [2.75, 3.05) is 5.32 Å². The fourth-order valence-corrected chi connectivity index (χ4v) is 4.61. The van der Waals surface area contributed by atoms with Crippen molar-refractivity contribution in [2.24, 2.45) is 0 Å². The average molecular weight is 382 g/mol. The number of furan rings is 1. The fourth-order valence-electron chi connectivity index (χ4n) is 4.61. The van der Waals surface area contributed by atoms with Crippen molar-refractivity contribution in [2.45, 2.75) is 24.8 Å². The number of aromatic nitrogens is 3. The molecule has 2 atom stereocenters. The van der Waals surface area contributed by atoms with E-state index in [1.165, 1.54) is 0 Å². The Bertz CT molecular complexity index is 1250. The smallest absolute Gasteiger partial charge is 0.209 e. The number of allylic oxidation sites excluding steroid dienone is 2. The molecule has 0 fully saturated rings. The van der Waals surface area contributed by atoms with E-state index in [0.29, 0.717) is 6.42 Å². The van der Waals surface area contributed by atoms with Crippen LogP contribution >= 0.6 is 0 Å². The maximum Gasteiger partial charge on any atom is 0.209 e. The molecule has 1 aromatic carbocycles. The van der Waals surface area contributed by atoms with E-state index in [-0.39, 0.29) is 17.7 Å². The molecule has 0 amide bonds. The second kappa shape index (κ2) is 6.17. The van der Waals surface area contributed by atoms with Gasteiger partial charge in [-0.1, -0.05) is 12.1 Å². The first kappa shape index (κ1) is 16.3. The van der Waals surface area contributed by atoms with Gasteiger partial charge >= 0.3 is 0 Å². The summed E-state index contributed by atoms with van der Waals surface area (Å²) in [4.78, 5) is 22.4. The third-order valence-electron chi connectivity index (χ3n) is 5.87. The van der Waals surface area contributed by atoms with Gasteiger partial charge in [0.05, 0.1) is 23.3 Å². The number of nitrogens with zero attached hydrogens (tertiary/aromatic N) is 3. The summed E-state index contributed by atoms with van der Waals surface area (Å²) in [6.45, 7) is 0. The summed E-state index contributed by atoms with van der Waals surface area (Å²) in [5.41, 5.74) is 4.69. The SMILES string of the molecule is O=C1C[C@@H](c2ccco2)CC2=C1[C@@H](c1ccncc1)n1c(nc3ccccc31)N2. The van der Waals surface area contributed by atoms with Gasteiger partial charge in [-0.05, 0) is 48.4 Å². The standard InChI is InChI=1S/C23H18N4O2/c28-19-13-15(20-6-3-11-29-20)12-17-21(19)22(14-7-9-24-10-8-14)27-18-5-2-1-4-16(18)25-23(27)26-17/h1-11,15,22H,12-13H2,(H,25,26)/t15-,22+/m0/s1. The second-order valence-corrected chi connectivity index (χ2v) is 7.54. The van der Waals surface area contributed by atoms with Gasteiger partial charge in [0.15, 0.2) is 5.78 Å². The lowest BCUT2D eigenvalue weighted by molar-refractivity contribution is -0.116. The van der Waals surface area contributed by atoms with Gasteiger partial charge in [-0.15, -0.1) is 0 Å². The Morgan fingerprint density at radius 1 is 1.03 bits per heavy atom. The van der Waals surface area contributed by atoms with Gasteiger partial charge < -0.3 is 9.73 Å². The van der Waals surface area contributed by atoms with Crippen LogP contribution in [0.1, 0.15) is 36.1 Å². The highest BCUT2D eigenvalue weighted by Gasteiger charge is 2.40. The van der Waals surface area contributed by atoms with E-state index in [0.717, 1.165) is 46.0 Å². The van der Waals surface area contributed by atoms with Gasteiger partial charge in [-0.25, -0.2) is 4.98 Å². The first-order chi connectivity index (χ1) is 14.3. The van der Waals surface area contributed by atoms with Crippen LogP contribution in [-0.2, 0) is 4.79 Å². The molecule has 0 unspecified atom stereocenters. The number of imidazole rings is 1. The Labute approximate surface area is 166 Å². The molecule has 1 aliphatic carbocycles. The van der Waals surface area contributed by atoms with Crippen LogP contribution in [-0.4, -0.2) is 20.3 Å². The summed E-state index contributed by atoms with van der Waals surface area (Å²) in [5.74, 6) is 1.80. The number of pyridine rings is 1. The lowest BCUT2D eigenvalue weighted by Crippen LogP contribution is -2.33. The predicted molar refractivity (Wildman–Crippen MR) is 108 cm³/mol. The third-order valence-corrected chi connectivity index (χ3v) is 5.87. The molecule has 6 rings (SSSR count). The van der Waals surface area contributed by atoms with Gasteiger partial charge in [0.25, 0.3) is 0 Å². The van der Waals surface area contributed by atoms with E-state index < -0.39 is 0 Å². The highest BCUT2D eigenvalue weighted by atomic mass is 16.3. The minimum Gasteiger partial charge on any atom is -0.469 e. The first-order valence-corrected chi connectivity index (χ1v) is 9.73. The molecule has 0 saturated carbocycles. The van der Waals surface area contributed by atoms with Gasteiger partial charge in [0, 0.05) is 36.0 Å². The van der Waals surface area contributed by atoms with Crippen LogP contribution in [0.25, 0.3) is 11.0 Å². The summed E-state index contributed by atoms with van der Waals surface area (Å²) >= 11 is 0. The number of hydrogen-bond donors (Lipinski definition) is 1. The summed E-state index contributed by atoms with van der Waals surface area (Å²) in [6.07, 6.45) is 6.37. The highest BCUT2D eigenvalue weighted by Crippen LogP contribution is 2.45. The molecule has 29 heavy (non-hydrogen) atoms. The molecule has 6 heteroatoms. The normalized spacial score (nSPS) is 21.0.